The Kier molecular flexibility index (Phi) is 5.42. The minimum atomic E-state index is -0.282. The summed E-state index contributed by atoms with van der Waals surface area (Å²) in [6.45, 7) is 1.93. The smallest absolute Gasteiger partial charge is 0.277 e. The first-order valence-corrected chi connectivity index (χ1v) is 8.28. The highest BCUT2D eigenvalue weighted by atomic mass is 16.5. The van der Waals surface area contributed by atoms with Crippen molar-refractivity contribution in [2.24, 2.45) is 5.10 Å². The summed E-state index contributed by atoms with van der Waals surface area (Å²) in [4.78, 5) is 12.0. The van der Waals surface area contributed by atoms with Gasteiger partial charge in [-0.2, -0.15) is 5.10 Å². The van der Waals surface area contributed by atoms with Crippen LogP contribution in [0.4, 0.5) is 0 Å². The number of hydrazone groups is 1. The minimum Gasteiger partial charge on any atom is -0.484 e. The van der Waals surface area contributed by atoms with Gasteiger partial charge in [-0.1, -0.05) is 67.6 Å². The second-order valence-corrected chi connectivity index (χ2v) is 5.61. The van der Waals surface area contributed by atoms with Crippen LogP contribution < -0.4 is 10.2 Å². The molecule has 126 valence electrons. The van der Waals surface area contributed by atoms with Crippen LogP contribution in [0.25, 0.3) is 10.8 Å². The highest BCUT2D eigenvalue weighted by molar-refractivity contribution is 6.00. The van der Waals surface area contributed by atoms with Gasteiger partial charge >= 0.3 is 0 Å². The summed E-state index contributed by atoms with van der Waals surface area (Å²) in [5.41, 5.74) is 4.40. The van der Waals surface area contributed by atoms with Gasteiger partial charge in [-0.15, -0.1) is 0 Å². The Morgan fingerprint density at radius 3 is 2.44 bits per heavy atom. The first-order chi connectivity index (χ1) is 12.3. The fourth-order valence-corrected chi connectivity index (χ4v) is 2.55. The van der Waals surface area contributed by atoms with E-state index in [9.17, 15) is 4.79 Å². The fourth-order valence-electron chi connectivity index (χ4n) is 2.55. The van der Waals surface area contributed by atoms with E-state index in [1.807, 2.05) is 79.7 Å². The van der Waals surface area contributed by atoms with Crippen molar-refractivity contribution in [3.8, 4) is 5.75 Å². The van der Waals surface area contributed by atoms with Gasteiger partial charge in [0.2, 0.25) is 0 Å². The van der Waals surface area contributed by atoms with E-state index in [-0.39, 0.29) is 12.5 Å². The minimum absolute atomic E-state index is 0.0758. The Bertz CT molecular complexity index is 889. The predicted octanol–water partition coefficient (Wildman–Crippen LogP) is 4.15. The van der Waals surface area contributed by atoms with Gasteiger partial charge in [-0.05, 0) is 34.9 Å². The van der Waals surface area contributed by atoms with E-state index in [1.165, 1.54) is 0 Å². The van der Waals surface area contributed by atoms with Gasteiger partial charge in [0.15, 0.2) is 6.61 Å². The van der Waals surface area contributed by atoms with Crippen LogP contribution in [0.15, 0.2) is 77.9 Å². The summed E-state index contributed by atoms with van der Waals surface area (Å²) >= 11 is 0. The molecule has 4 heteroatoms. The topological polar surface area (TPSA) is 50.7 Å². The highest BCUT2D eigenvalue weighted by Crippen LogP contribution is 2.20. The van der Waals surface area contributed by atoms with Gasteiger partial charge < -0.3 is 4.74 Å². The van der Waals surface area contributed by atoms with Gasteiger partial charge in [-0.25, -0.2) is 5.43 Å². The largest absolute Gasteiger partial charge is 0.484 e. The summed E-state index contributed by atoms with van der Waals surface area (Å²) in [6, 6.07) is 23.6. The molecule has 3 rings (SSSR count). The number of hydrogen-bond donors (Lipinski definition) is 1. The number of nitrogens with one attached hydrogen (secondary N) is 1. The normalized spacial score (nSPS) is 11.3. The van der Waals surface area contributed by atoms with E-state index in [2.05, 4.69) is 10.5 Å². The van der Waals surface area contributed by atoms with Crippen molar-refractivity contribution < 1.29 is 9.53 Å². The molecule has 0 aromatic heterocycles. The molecule has 0 aliphatic heterocycles. The highest BCUT2D eigenvalue weighted by Gasteiger charge is 2.05. The van der Waals surface area contributed by atoms with Gasteiger partial charge in [-0.3, -0.25) is 4.79 Å². The van der Waals surface area contributed by atoms with Crippen LogP contribution in [0.1, 0.15) is 18.9 Å². The van der Waals surface area contributed by atoms with Crippen molar-refractivity contribution in [1.82, 2.24) is 5.43 Å². The molecule has 0 spiro atoms. The number of benzene rings is 3. The van der Waals surface area contributed by atoms with Crippen LogP contribution in [0.5, 0.6) is 5.75 Å². The third-order valence-electron chi connectivity index (χ3n) is 3.85. The van der Waals surface area contributed by atoms with Crippen molar-refractivity contribution in [2.75, 3.05) is 6.61 Å². The van der Waals surface area contributed by atoms with Crippen molar-refractivity contribution in [3.63, 3.8) is 0 Å². The maximum Gasteiger partial charge on any atom is 0.277 e. The van der Waals surface area contributed by atoms with Crippen molar-refractivity contribution in [2.45, 2.75) is 13.3 Å². The first-order valence-electron chi connectivity index (χ1n) is 8.28. The van der Waals surface area contributed by atoms with Gasteiger partial charge in [0.25, 0.3) is 5.91 Å². The molecule has 0 atom stereocenters. The van der Waals surface area contributed by atoms with E-state index in [1.54, 1.807) is 0 Å². The molecule has 0 fully saturated rings. The quantitative estimate of drug-likeness (QED) is 0.544. The summed E-state index contributed by atoms with van der Waals surface area (Å²) in [5, 5.41) is 6.43. The molecule has 0 aliphatic rings. The number of ether oxygens (including phenoxy) is 1. The average molecular weight is 332 g/mol. The average Bonchev–Trinajstić information content (AvgIpc) is 2.67. The number of amides is 1. The van der Waals surface area contributed by atoms with Crippen LogP contribution in [0.2, 0.25) is 0 Å². The number of carbonyl (C=O) groups excluding carboxylic acids is 1. The summed E-state index contributed by atoms with van der Waals surface area (Å²) < 4.78 is 5.57. The second-order valence-electron chi connectivity index (χ2n) is 5.61. The summed E-state index contributed by atoms with van der Waals surface area (Å²) in [6.07, 6.45) is 0.732. The number of carbonyl (C=O) groups is 1. The molecule has 1 amide bonds. The maximum atomic E-state index is 12.0. The third-order valence-corrected chi connectivity index (χ3v) is 3.85. The fraction of sp³-hybridized carbons (Fsp3) is 0.143. The van der Waals surface area contributed by atoms with Crippen molar-refractivity contribution in [1.29, 1.82) is 0 Å². The van der Waals surface area contributed by atoms with Crippen molar-refractivity contribution >= 4 is 22.4 Å². The Morgan fingerprint density at radius 1 is 0.960 bits per heavy atom. The van der Waals surface area contributed by atoms with E-state index < -0.39 is 0 Å². The van der Waals surface area contributed by atoms with Gasteiger partial charge in [0.1, 0.15) is 5.75 Å². The lowest BCUT2D eigenvalue weighted by Gasteiger charge is -2.08. The van der Waals surface area contributed by atoms with E-state index in [0.29, 0.717) is 5.75 Å². The Labute approximate surface area is 147 Å². The molecule has 3 aromatic carbocycles. The standard InChI is InChI=1S/C21H20N2O2/c1-2-20(17-9-4-3-5-10-17)22-23-21(24)15-25-19-13-12-16-8-6-7-11-18(16)14-19/h3-14H,2,15H2,1H3,(H,23,24)/b22-20-. The molecule has 0 saturated heterocycles. The molecule has 0 aliphatic carbocycles. The molecule has 0 radical (unpaired) electrons. The van der Waals surface area contributed by atoms with Gasteiger partial charge in [0, 0.05) is 0 Å². The lowest BCUT2D eigenvalue weighted by atomic mass is 10.1. The zero-order valence-corrected chi connectivity index (χ0v) is 14.1. The van der Waals surface area contributed by atoms with Crippen LogP contribution in [-0.4, -0.2) is 18.2 Å². The number of nitrogens with zero attached hydrogens (tertiary/aromatic N) is 1. The number of rotatable bonds is 6. The molecule has 0 bridgehead atoms. The molecular formula is C21H20N2O2. The van der Waals surface area contributed by atoms with E-state index in [4.69, 9.17) is 4.74 Å². The third kappa shape index (κ3) is 4.44. The van der Waals surface area contributed by atoms with E-state index >= 15 is 0 Å². The summed E-state index contributed by atoms with van der Waals surface area (Å²) in [5.74, 6) is 0.381. The molecule has 0 heterocycles. The summed E-state index contributed by atoms with van der Waals surface area (Å²) in [7, 11) is 0. The van der Waals surface area contributed by atoms with E-state index in [0.717, 1.165) is 28.5 Å². The number of hydrogen-bond acceptors (Lipinski definition) is 3. The maximum absolute atomic E-state index is 12.0. The Balaban J connectivity index is 1.59. The Hall–Kier alpha value is -3.14. The molecule has 0 saturated carbocycles. The van der Waals surface area contributed by atoms with Crippen LogP contribution in [-0.2, 0) is 4.79 Å². The van der Waals surface area contributed by atoms with Crippen LogP contribution in [0.3, 0.4) is 0 Å². The lowest BCUT2D eigenvalue weighted by Crippen LogP contribution is -2.26. The molecule has 25 heavy (non-hydrogen) atoms. The first kappa shape index (κ1) is 16.7. The molecule has 1 N–H and O–H groups in total. The van der Waals surface area contributed by atoms with Crippen LogP contribution >= 0.6 is 0 Å². The van der Waals surface area contributed by atoms with Crippen LogP contribution in [0, 0.1) is 0 Å². The monoisotopic (exact) mass is 332 g/mol. The molecular weight excluding hydrogens is 312 g/mol. The zero-order chi connectivity index (χ0) is 17.5. The molecule has 4 nitrogen and oxygen atoms in total. The lowest BCUT2D eigenvalue weighted by molar-refractivity contribution is -0.123. The Morgan fingerprint density at radius 2 is 1.68 bits per heavy atom. The zero-order valence-electron chi connectivity index (χ0n) is 14.1. The molecule has 0 unspecified atom stereocenters. The number of fused-ring (bicyclic) bond motifs is 1. The predicted molar refractivity (Wildman–Crippen MR) is 101 cm³/mol. The SMILES string of the molecule is CC/C(=N/NC(=O)COc1ccc2ccccc2c1)c1ccccc1. The second kappa shape index (κ2) is 8.11. The van der Waals surface area contributed by atoms with Crippen molar-refractivity contribution in [3.05, 3.63) is 78.4 Å². The molecule has 3 aromatic rings. The van der Waals surface area contributed by atoms with Gasteiger partial charge in [0.05, 0.1) is 5.71 Å².